The third kappa shape index (κ3) is 9.22. The summed E-state index contributed by atoms with van der Waals surface area (Å²) in [5.74, 6) is -2.38. The monoisotopic (exact) mass is 629 g/mol. The number of carbonyl (C=O) groups is 2. The van der Waals surface area contributed by atoms with Crippen LogP contribution in [-0.4, -0.2) is 106 Å². The highest BCUT2D eigenvalue weighted by Crippen LogP contribution is 2.26. The number of fused-ring (bicyclic) bond motifs is 1. The Balaban J connectivity index is 0.000000591. The molecule has 5 rings (SSSR count). The zero-order valence-electron chi connectivity index (χ0n) is 25.2. The number of aromatic amines is 1. The molecule has 1 fully saturated rings. The van der Waals surface area contributed by atoms with Gasteiger partial charge < -0.3 is 25.2 Å². The highest BCUT2D eigenvalue weighted by atomic mass is 19.4. The summed E-state index contributed by atoms with van der Waals surface area (Å²) in [7, 11) is 4.19. The van der Waals surface area contributed by atoms with E-state index in [-0.39, 0.29) is 11.7 Å². The van der Waals surface area contributed by atoms with E-state index in [4.69, 9.17) is 9.90 Å². The first-order chi connectivity index (χ1) is 21.3. The van der Waals surface area contributed by atoms with Gasteiger partial charge in [0, 0.05) is 48.3 Å². The molecule has 0 radical (unpaired) electrons. The first-order valence-corrected chi connectivity index (χ1v) is 14.2. The molecule has 240 valence electrons. The Kier molecular flexibility index (Phi) is 10.7. The molecule has 10 nitrogen and oxygen atoms in total. The number of piperazine rings is 1. The fourth-order valence-corrected chi connectivity index (χ4v) is 4.84. The van der Waals surface area contributed by atoms with Gasteiger partial charge in [-0.15, -0.1) is 0 Å². The van der Waals surface area contributed by atoms with Crippen LogP contribution in [0.3, 0.4) is 0 Å². The third-order valence-electron chi connectivity index (χ3n) is 7.21. The lowest BCUT2D eigenvalue weighted by Crippen LogP contribution is -2.49. The molecule has 0 atom stereocenters. The topological polar surface area (TPSA) is 118 Å². The van der Waals surface area contributed by atoms with E-state index in [1.54, 1.807) is 18.5 Å². The number of carboxylic acids is 1. The zero-order chi connectivity index (χ0) is 32.7. The zero-order valence-corrected chi connectivity index (χ0v) is 25.2. The van der Waals surface area contributed by atoms with Gasteiger partial charge in [0.2, 0.25) is 0 Å². The predicted molar refractivity (Wildman–Crippen MR) is 163 cm³/mol. The predicted octanol–water partition coefficient (Wildman–Crippen LogP) is 5.16. The van der Waals surface area contributed by atoms with E-state index in [2.05, 4.69) is 44.2 Å². The lowest BCUT2D eigenvalue weighted by molar-refractivity contribution is -0.192. The number of benzene rings is 2. The number of halogens is 4. The molecule has 0 spiro atoms. The van der Waals surface area contributed by atoms with Crippen LogP contribution in [0.4, 0.5) is 29.1 Å². The highest BCUT2D eigenvalue weighted by molar-refractivity contribution is 5.95. The van der Waals surface area contributed by atoms with Crippen molar-refractivity contribution in [3.05, 3.63) is 71.8 Å². The quantitative estimate of drug-likeness (QED) is 0.229. The van der Waals surface area contributed by atoms with E-state index in [1.807, 2.05) is 36.1 Å². The molecule has 4 aromatic rings. The largest absolute Gasteiger partial charge is 0.490 e. The Morgan fingerprint density at radius 2 is 1.76 bits per heavy atom. The van der Waals surface area contributed by atoms with Crippen molar-refractivity contribution >= 4 is 34.3 Å². The standard InChI is InChI=1S/C29H34FN7O.C2HF3O2/c1-20-15-21(29(38)37-13-11-36(12-14-37)10-4-9-35(2)3)5-7-24(20)33-28-19-31-18-27(34-28)26-17-22-16-23(30)6-8-25(22)32-26;3-2(4,5)1(6)7/h5-8,15-19,32H,4,9-14H2,1-3H3,(H,33,34);(H,6,7). The van der Waals surface area contributed by atoms with Crippen molar-refractivity contribution in [2.45, 2.75) is 19.5 Å². The summed E-state index contributed by atoms with van der Waals surface area (Å²) in [6, 6.07) is 12.2. The fourth-order valence-electron chi connectivity index (χ4n) is 4.84. The highest BCUT2D eigenvalue weighted by Gasteiger charge is 2.38. The van der Waals surface area contributed by atoms with Crippen molar-refractivity contribution < 1.29 is 32.3 Å². The van der Waals surface area contributed by atoms with Crippen LogP contribution in [0.2, 0.25) is 0 Å². The summed E-state index contributed by atoms with van der Waals surface area (Å²) >= 11 is 0. The lowest BCUT2D eigenvalue weighted by atomic mass is 10.1. The minimum absolute atomic E-state index is 0.0737. The Morgan fingerprint density at radius 3 is 2.40 bits per heavy atom. The SMILES string of the molecule is Cc1cc(C(=O)N2CCN(CCCN(C)C)CC2)ccc1Nc1cncc(-c2cc3cc(F)ccc3[nH]2)n1.O=C(O)C(F)(F)F. The van der Waals surface area contributed by atoms with Crippen molar-refractivity contribution in [3.63, 3.8) is 0 Å². The number of amides is 1. The number of aromatic nitrogens is 3. The smallest absolute Gasteiger partial charge is 0.475 e. The number of aliphatic carboxylic acids is 1. The molecule has 0 bridgehead atoms. The maximum atomic E-state index is 13.6. The molecular formula is C31H35F4N7O3. The Bertz CT molecular complexity index is 1630. The van der Waals surface area contributed by atoms with Crippen molar-refractivity contribution in [1.29, 1.82) is 0 Å². The van der Waals surface area contributed by atoms with E-state index < -0.39 is 12.1 Å². The fraction of sp³-hybridized carbons (Fsp3) is 0.355. The Labute approximate surface area is 257 Å². The van der Waals surface area contributed by atoms with Crippen LogP contribution in [0.25, 0.3) is 22.3 Å². The van der Waals surface area contributed by atoms with Crippen LogP contribution in [-0.2, 0) is 4.79 Å². The van der Waals surface area contributed by atoms with Gasteiger partial charge in [0.25, 0.3) is 5.91 Å². The third-order valence-corrected chi connectivity index (χ3v) is 7.21. The maximum absolute atomic E-state index is 13.6. The van der Waals surface area contributed by atoms with Crippen LogP contribution >= 0.6 is 0 Å². The molecule has 14 heteroatoms. The van der Waals surface area contributed by atoms with Gasteiger partial charge in [-0.3, -0.25) is 14.7 Å². The van der Waals surface area contributed by atoms with E-state index in [9.17, 15) is 22.4 Å². The second-order valence-corrected chi connectivity index (χ2v) is 11.0. The number of hydrogen-bond donors (Lipinski definition) is 3. The summed E-state index contributed by atoms with van der Waals surface area (Å²) in [5.41, 5.74) is 4.75. The van der Waals surface area contributed by atoms with Gasteiger partial charge in [-0.25, -0.2) is 14.2 Å². The maximum Gasteiger partial charge on any atom is 0.490 e. The van der Waals surface area contributed by atoms with Crippen LogP contribution < -0.4 is 5.32 Å². The number of nitrogens with one attached hydrogen (secondary N) is 2. The molecule has 0 unspecified atom stereocenters. The molecule has 45 heavy (non-hydrogen) atoms. The van der Waals surface area contributed by atoms with E-state index in [0.717, 1.165) is 73.5 Å². The lowest BCUT2D eigenvalue weighted by Gasteiger charge is -2.35. The molecule has 1 aliphatic heterocycles. The minimum Gasteiger partial charge on any atom is -0.475 e. The van der Waals surface area contributed by atoms with E-state index in [0.29, 0.717) is 17.1 Å². The number of alkyl halides is 3. The van der Waals surface area contributed by atoms with Crippen LogP contribution in [0.15, 0.2) is 54.9 Å². The second-order valence-electron chi connectivity index (χ2n) is 11.0. The van der Waals surface area contributed by atoms with Crippen LogP contribution in [0, 0.1) is 12.7 Å². The van der Waals surface area contributed by atoms with Gasteiger partial charge in [-0.1, -0.05) is 0 Å². The van der Waals surface area contributed by atoms with Crippen LogP contribution in [0.5, 0.6) is 0 Å². The molecule has 1 amide bonds. The minimum atomic E-state index is -5.08. The molecule has 1 aliphatic rings. The summed E-state index contributed by atoms with van der Waals surface area (Å²) in [4.78, 5) is 40.9. The average Bonchev–Trinajstić information content (AvgIpc) is 3.41. The Morgan fingerprint density at radius 1 is 1.04 bits per heavy atom. The number of nitrogens with zero attached hydrogens (tertiary/aromatic N) is 5. The summed E-state index contributed by atoms with van der Waals surface area (Å²) in [6.45, 7) is 7.47. The normalized spacial score (nSPS) is 13.9. The van der Waals surface area contributed by atoms with Gasteiger partial charge in [0.1, 0.15) is 17.3 Å². The first kappa shape index (κ1) is 33.3. The van der Waals surface area contributed by atoms with Gasteiger partial charge in [0.15, 0.2) is 0 Å². The van der Waals surface area contributed by atoms with Gasteiger partial charge in [-0.2, -0.15) is 13.2 Å². The number of rotatable bonds is 8. The molecule has 3 N–H and O–H groups in total. The summed E-state index contributed by atoms with van der Waals surface area (Å²) in [5, 5.41) is 11.2. The molecular weight excluding hydrogens is 594 g/mol. The van der Waals surface area contributed by atoms with Gasteiger partial charge >= 0.3 is 12.1 Å². The van der Waals surface area contributed by atoms with Crippen molar-refractivity contribution in [2.24, 2.45) is 0 Å². The second kappa shape index (κ2) is 14.5. The number of hydrogen-bond acceptors (Lipinski definition) is 7. The molecule has 2 aromatic heterocycles. The van der Waals surface area contributed by atoms with Crippen LogP contribution in [0.1, 0.15) is 22.3 Å². The number of carboxylic acid groups (broad SMARTS) is 1. The number of H-pyrrole nitrogens is 1. The summed E-state index contributed by atoms with van der Waals surface area (Å²) < 4.78 is 45.3. The molecule has 0 aliphatic carbocycles. The number of anilines is 2. The van der Waals surface area contributed by atoms with Crippen molar-refractivity contribution in [3.8, 4) is 11.4 Å². The van der Waals surface area contributed by atoms with E-state index >= 15 is 0 Å². The van der Waals surface area contributed by atoms with Gasteiger partial charge in [-0.05, 0) is 88.6 Å². The molecule has 1 saturated heterocycles. The Hall–Kier alpha value is -4.56. The number of carbonyl (C=O) groups excluding carboxylic acids is 1. The number of aryl methyl sites for hydroxylation is 1. The van der Waals surface area contributed by atoms with Crippen molar-refractivity contribution in [1.82, 2.24) is 29.7 Å². The summed E-state index contributed by atoms with van der Waals surface area (Å²) in [6.07, 6.45) is -0.616. The molecule has 0 saturated carbocycles. The first-order valence-electron chi connectivity index (χ1n) is 14.2. The molecule has 2 aromatic carbocycles. The van der Waals surface area contributed by atoms with Gasteiger partial charge in [0.05, 0.1) is 18.1 Å². The van der Waals surface area contributed by atoms with Crippen molar-refractivity contribution in [2.75, 3.05) is 58.7 Å². The average molecular weight is 630 g/mol. The molecule has 3 heterocycles. The van der Waals surface area contributed by atoms with E-state index in [1.165, 1.54) is 12.1 Å².